The van der Waals surface area contributed by atoms with Gasteiger partial charge in [-0.1, -0.05) is 0 Å². The van der Waals surface area contributed by atoms with Crippen molar-refractivity contribution in [1.29, 1.82) is 0 Å². The van der Waals surface area contributed by atoms with Gasteiger partial charge in [-0.3, -0.25) is 4.98 Å². The highest BCUT2D eigenvalue weighted by Gasteiger charge is 2.30. The monoisotopic (exact) mass is 309 g/mol. The molecular formula is C16H24FN3O2. The van der Waals surface area contributed by atoms with Crippen molar-refractivity contribution in [3.8, 4) is 0 Å². The number of likely N-dealkylation sites (tertiary alicyclic amines) is 1. The summed E-state index contributed by atoms with van der Waals surface area (Å²) in [7, 11) is 0. The molecule has 0 aromatic carbocycles. The molecule has 0 saturated carbocycles. The number of hydrogen-bond donors (Lipinski definition) is 1. The van der Waals surface area contributed by atoms with Crippen molar-refractivity contribution >= 4 is 6.09 Å². The van der Waals surface area contributed by atoms with Crippen molar-refractivity contribution in [2.24, 2.45) is 0 Å². The second-order valence-corrected chi connectivity index (χ2v) is 6.70. The molecule has 0 aliphatic carbocycles. The molecule has 1 amide bonds. The van der Waals surface area contributed by atoms with Crippen molar-refractivity contribution in [2.45, 2.75) is 51.8 Å². The van der Waals surface area contributed by atoms with Crippen LogP contribution in [-0.4, -0.2) is 40.7 Å². The summed E-state index contributed by atoms with van der Waals surface area (Å²) in [5, 5.41) is 3.43. The molecule has 0 spiro atoms. The van der Waals surface area contributed by atoms with Gasteiger partial charge in [-0.05, 0) is 46.2 Å². The number of nitrogens with one attached hydrogen (secondary N) is 1. The van der Waals surface area contributed by atoms with Crippen molar-refractivity contribution < 1.29 is 13.9 Å². The summed E-state index contributed by atoms with van der Waals surface area (Å²) in [6.07, 6.45) is 1.81. The van der Waals surface area contributed by atoms with Gasteiger partial charge in [0.15, 0.2) is 0 Å². The van der Waals surface area contributed by atoms with Gasteiger partial charge in [0.2, 0.25) is 0 Å². The number of rotatable bonds is 3. The molecule has 1 aromatic rings. The van der Waals surface area contributed by atoms with E-state index >= 15 is 0 Å². The highest BCUT2D eigenvalue weighted by molar-refractivity contribution is 5.68. The molecule has 5 nitrogen and oxygen atoms in total. The van der Waals surface area contributed by atoms with E-state index in [1.165, 1.54) is 12.3 Å². The van der Waals surface area contributed by atoms with Gasteiger partial charge >= 0.3 is 6.09 Å². The van der Waals surface area contributed by atoms with E-state index in [9.17, 15) is 9.18 Å². The van der Waals surface area contributed by atoms with Crippen LogP contribution in [0.2, 0.25) is 0 Å². The van der Waals surface area contributed by atoms with Crippen molar-refractivity contribution in [3.63, 3.8) is 0 Å². The summed E-state index contributed by atoms with van der Waals surface area (Å²) < 4.78 is 18.3. The molecule has 6 heteroatoms. The SMILES string of the molecule is CC(NC1CCN(C(=O)OC(C)(C)C)C1)c1ccc(F)cn1. The van der Waals surface area contributed by atoms with E-state index in [0.29, 0.717) is 13.1 Å². The topological polar surface area (TPSA) is 54.5 Å². The summed E-state index contributed by atoms with van der Waals surface area (Å²) in [4.78, 5) is 17.8. The number of carbonyl (C=O) groups excluding carboxylic acids is 1. The van der Waals surface area contributed by atoms with E-state index in [-0.39, 0.29) is 24.0 Å². The Bertz CT molecular complexity index is 513. The number of halogens is 1. The first kappa shape index (κ1) is 16.7. The lowest BCUT2D eigenvalue weighted by Crippen LogP contribution is -2.39. The van der Waals surface area contributed by atoms with Crippen molar-refractivity contribution in [1.82, 2.24) is 15.2 Å². The maximum Gasteiger partial charge on any atom is 0.410 e. The van der Waals surface area contributed by atoms with Gasteiger partial charge in [-0.2, -0.15) is 0 Å². The molecule has 2 rings (SSSR count). The van der Waals surface area contributed by atoms with Crippen molar-refractivity contribution in [3.05, 3.63) is 29.8 Å². The van der Waals surface area contributed by atoms with Gasteiger partial charge in [0.1, 0.15) is 11.4 Å². The van der Waals surface area contributed by atoms with E-state index in [1.807, 2.05) is 27.7 Å². The molecule has 0 bridgehead atoms. The minimum atomic E-state index is -0.478. The van der Waals surface area contributed by atoms with E-state index < -0.39 is 5.60 Å². The minimum Gasteiger partial charge on any atom is -0.444 e. The lowest BCUT2D eigenvalue weighted by atomic mass is 10.1. The van der Waals surface area contributed by atoms with E-state index in [2.05, 4.69) is 10.3 Å². The van der Waals surface area contributed by atoms with Crippen LogP contribution in [0, 0.1) is 5.82 Å². The zero-order valence-corrected chi connectivity index (χ0v) is 13.6. The Kier molecular flexibility index (Phi) is 5.01. The van der Waals surface area contributed by atoms with Gasteiger partial charge in [0.25, 0.3) is 0 Å². The second-order valence-electron chi connectivity index (χ2n) is 6.70. The van der Waals surface area contributed by atoms with Crippen LogP contribution in [0.15, 0.2) is 18.3 Å². The molecule has 1 aromatic heterocycles. The fourth-order valence-corrected chi connectivity index (χ4v) is 2.47. The molecule has 1 aliphatic rings. The quantitative estimate of drug-likeness (QED) is 0.933. The molecule has 122 valence electrons. The summed E-state index contributed by atoms with van der Waals surface area (Å²) >= 11 is 0. The Morgan fingerprint density at radius 1 is 1.50 bits per heavy atom. The van der Waals surface area contributed by atoms with Crippen LogP contribution in [0.1, 0.15) is 45.9 Å². The fraction of sp³-hybridized carbons (Fsp3) is 0.625. The lowest BCUT2D eigenvalue weighted by molar-refractivity contribution is 0.0290. The van der Waals surface area contributed by atoms with Crippen LogP contribution in [0.5, 0.6) is 0 Å². The highest BCUT2D eigenvalue weighted by atomic mass is 19.1. The standard InChI is InChI=1S/C16H24FN3O2/c1-11(14-6-5-12(17)9-18-14)19-13-7-8-20(10-13)15(21)22-16(2,3)4/h5-6,9,11,13,19H,7-8,10H2,1-4H3. The van der Waals surface area contributed by atoms with Gasteiger partial charge in [-0.25, -0.2) is 9.18 Å². The summed E-state index contributed by atoms with van der Waals surface area (Å²) in [6.45, 7) is 8.85. The molecule has 1 N–H and O–H groups in total. The predicted octanol–water partition coefficient (Wildman–Crippen LogP) is 2.88. The largest absolute Gasteiger partial charge is 0.444 e. The molecule has 2 atom stereocenters. The molecule has 1 fully saturated rings. The minimum absolute atomic E-state index is 0.00388. The third kappa shape index (κ3) is 4.66. The highest BCUT2D eigenvalue weighted by Crippen LogP contribution is 2.18. The van der Waals surface area contributed by atoms with Crippen LogP contribution >= 0.6 is 0 Å². The number of pyridine rings is 1. The Morgan fingerprint density at radius 2 is 2.23 bits per heavy atom. The Morgan fingerprint density at radius 3 is 2.82 bits per heavy atom. The average Bonchev–Trinajstić information content (AvgIpc) is 2.86. The third-order valence-corrected chi connectivity index (χ3v) is 3.52. The van der Waals surface area contributed by atoms with Gasteiger partial charge in [0.05, 0.1) is 11.9 Å². The lowest BCUT2D eigenvalue weighted by Gasteiger charge is -2.25. The number of nitrogens with zero attached hydrogens (tertiary/aromatic N) is 2. The normalized spacial score (nSPS) is 20.0. The maximum atomic E-state index is 12.9. The number of carbonyl (C=O) groups is 1. The zero-order chi connectivity index (χ0) is 16.3. The molecular weight excluding hydrogens is 285 g/mol. The number of hydrogen-bond acceptors (Lipinski definition) is 4. The molecule has 2 heterocycles. The van der Waals surface area contributed by atoms with E-state index in [1.54, 1.807) is 11.0 Å². The summed E-state index contributed by atoms with van der Waals surface area (Å²) in [6, 6.07) is 3.27. The second kappa shape index (κ2) is 6.60. The van der Waals surface area contributed by atoms with Crippen LogP contribution in [0.25, 0.3) is 0 Å². The first-order valence-corrected chi connectivity index (χ1v) is 7.60. The summed E-state index contributed by atoms with van der Waals surface area (Å²) in [5.74, 6) is -0.340. The third-order valence-electron chi connectivity index (χ3n) is 3.52. The van der Waals surface area contributed by atoms with E-state index in [0.717, 1.165) is 12.1 Å². The first-order chi connectivity index (χ1) is 10.2. The number of ether oxygens (including phenoxy) is 1. The molecule has 1 saturated heterocycles. The van der Waals surface area contributed by atoms with Gasteiger partial charge < -0.3 is 15.0 Å². The van der Waals surface area contributed by atoms with Crippen LogP contribution in [0.3, 0.4) is 0 Å². The predicted molar refractivity (Wildman–Crippen MR) is 82.0 cm³/mol. The van der Waals surface area contributed by atoms with E-state index in [4.69, 9.17) is 4.74 Å². The summed E-state index contributed by atoms with van der Waals surface area (Å²) in [5.41, 5.74) is 0.311. The molecule has 1 aliphatic heterocycles. The van der Waals surface area contributed by atoms with Crippen LogP contribution in [-0.2, 0) is 4.74 Å². The van der Waals surface area contributed by atoms with Crippen LogP contribution in [0.4, 0.5) is 9.18 Å². The van der Waals surface area contributed by atoms with Crippen molar-refractivity contribution in [2.75, 3.05) is 13.1 Å². The molecule has 22 heavy (non-hydrogen) atoms. The van der Waals surface area contributed by atoms with Gasteiger partial charge in [-0.15, -0.1) is 0 Å². The fourth-order valence-electron chi connectivity index (χ4n) is 2.47. The number of aromatic nitrogens is 1. The Hall–Kier alpha value is -1.69. The molecule has 2 unspecified atom stereocenters. The maximum absolute atomic E-state index is 12.9. The number of amides is 1. The Labute approximate surface area is 130 Å². The zero-order valence-electron chi connectivity index (χ0n) is 13.6. The van der Waals surface area contributed by atoms with Gasteiger partial charge in [0, 0.05) is 25.2 Å². The van der Waals surface area contributed by atoms with Crippen LogP contribution < -0.4 is 5.32 Å². The molecule has 0 radical (unpaired) electrons. The first-order valence-electron chi connectivity index (χ1n) is 7.60. The smallest absolute Gasteiger partial charge is 0.410 e. The average molecular weight is 309 g/mol. The Balaban J connectivity index is 1.85.